The second-order valence-electron chi connectivity index (χ2n) is 3.19. The SMILES string of the molecule is NC(=O)C1CCN1CC(F)(F)C(=O)O. The summed E-state index contributed by atoms with van der Waals surface area (Å²) >= 11 is 0. The number of nitrogens with zero attached hydrogens (tertiary/aromatic N) is 1. The number of primary amides is 1. The molecule has 0 saturated carbocycles. The summed E-state index contributed by atoms with van der Waals surface area (Å²) in [5.41, 5.74) is 4.91. The van der Waals surface area contributed by atoms with E-state index in [9.17, 15) is 18.4 Å². The second-order valence-corrected chi connectivity index (χ2v) is 3.19. The zero-order valence-corrected chi connectivity index (χ0v) is 7.24. The number of alkyl halides is 2. The standard InChI is InChI=1S/C7H10F2N2O3/c8-7(9,6(13)14)3-11-2-1-4(11)5(10)12/h4H,1-3H2,(H2,10,12)(H,13,14). The number of halogens is 2. The Bertz CT molecular complexity index is 270. The van der Waals surface area contributed by atoms with E-state index in [1.807, 2.05) is 0 Å². The van der Waals surface area contributed by atoms with Crippen LogP contribution >= 0.6 is 0 Å². The summed E-state index contributed by atoms with van der Waals surface area (Å²) in [7, 11) is 0. The van der Waals surface area contributed by atoms with E-state index < -0.39 is 30.4 Å². The fraction of sp³-hybridized carbons (Fsp3) is 0.714. The molecule has 0 radical (unpaired) electrons. The van der Waals surface area contributed by atoms with Gasteiger partial charge in [0.1, 0.15) is 0 Å². The minimum absolute atomic E-state index is 0.274. The molecule has 1 atom stereocenters. The first-order chi connectivity index (χ1) is 6.34. The highest BCUT2D eigenvalue weighted by Gasteiger charge is 2.45. The highest BCUT2D eigenvalue weighted by molar-refractivity contribution is 5.81. The molecule has 1 aliphatic rings. The van der Waals surface area contributed by atoms with Crippen LogP contribution in [0.15, 0.2) is 0 Å². The summed E-state index contributed by atoms with van der Waals surface area (Å²) in [5.74, 6) is -6.71. The van der Waals surface area contributed by atoms with E-state index in [2.05, 4.69) is 0 Å². The summed E-state index contributed by atoms with van der Waals surface area (Å²) < 4.78 is 25.3. The van der Waals surface area contributed by atoms with E-state index in [1.165, 1.54) is 0 Å². The molecule has 1 rings (SSSR count). The highest BCUT2D eigenvalue weighted by atomic mass is 19.3. The Labute approximate surface area is 78.5 Å². The minimum atomic E-state index is -3.83. The number of carbonyl (C=O) groups is 2. The molecule has 0 aromatic carbocycles. The predicted molar refractivity (Wildman–Crippen MR) is 41.8 cm³/mol. The molecule has 0 aromatic rings. The predicted octanol–water partition coefficient (Wildman–Crippen LogP) is -0.734. The third-order valence-electron chi connectivity index (χ3n) is 2.17. The Morgan fingerprint density at radius 1 is 1.57 bits per heavy atom. The van der Waals surface area contributed by atoms with Crippen molar-refractivity contribution in [3.05, 3.63) is 0 Å². The lowest BCUT2D eigenvalue weighted by Crippen LogP contribution is -2.59. The summed E-state index contributed by atoms with van der Waals surface area (Å²) in [4.78, 5) is 21.8. The third-order valence-corrected chi connectivity index (χ3v) is 2.17. The van der Waals surface area contributed by atoms with E-state index in [0.29, 0.717) is 6.42 Å². The Balaban J connectivity index is 2.53. The van der Waals surface area contributed by atoms with Gasteiger partial charge in [0.15, 0.2) is 0 Å². The number of likely N-dealkylation sites (tertiary alicyclic amines) is 1. The largest absolute Gasteiger partial charge is 0.477 e. The van der Waals surface area contributed by atoms with Crippen LogP contribution in [0.4, 0.5) is 8.78 Å². The molecule has 1 heterocycles. The Morgan fingerprint density at radius 2 is 2.14 bits per heavy atom. The molecule has 0 bridgehead atoms. The van der Waals surface area contributed by atoms with Gasteiger partial charge in [-0.05, 0) is 6.42 Å². The molecule has 0 spiro atoms. The molecule has 0 aliphatic carbocycles. The molecule has 0 aromatic heterocycles. The lowest BCUT2D eigenvalue weighted by Gasteiger charge is -2.39. The van der Waals surface area contributed by atoms with Crippen molar-refractivity contribution in [2.45, 2.75) is 18.4 Å². The van der Waals surface area contributed by atoms with Gasteiger partial charge in [0, 0.05) is 6.54 Å². The normalized spacial score (nSPS) is 22.9. The van der Waals surface area contributed by atoms with Crippen LogP contribution in [-0.2, 0) is 9.59 Å². The fourth-order valence-corrected chi connectivity index (χ4v) is 1.27. The maximum atomic E-state index is 12.7. The fourth-order valence-electron chi connectivity index (χ4n) is 1.27. The average Bonchev–Trinajstić information content (AvgIpc) is 1.97. The Morgan fingerprint density at radius 3 is 2.43 bits per heavy atom. The molecule has 3 N–H and O–H groups in total. The van der Waals surface area contributed by atoms with Gasteiger partial charge in [-0.3, -0.25) is 9.69 Å². The van der Waals surface area contributed by atoms with E-state index in [-0.39, 0.29) is 6.54 Å². The molecule has 1 aliphatic heterocycles. The first-order valence-electron chi connectivity index (χ1n) is 3.99. The number of aliphatic carboxylic acids is 1. The van der Waals surface area contributed by atoms with Crippen molar-refractivity contribution in [1.82, 2.24) is 4.90 Å². The quantitative estimate of drug-likeness (QED) is 0.637. The molecular formula is C7H10F2N2O3. The van der Waals surface area contributed by atoms with Crippen molar-refractivity contribution in [2.75, 3.05) is 13.1 Å². The van der Waals surface area contributed by atoms with Crippen molar-refractivity contribution in [2.24, 2.45) is 5.73 Å². The van der Waals surface area contributed by atoms with Gasteiger partial charge < -0.3 is 10.8 Å². The third kappa shape index (κ3) is 1.98. The molecule has 1 unspecified atom stereocenters. The number of nitrogens with two attached hydrogens (primary N) is 1. The number of rotatable bonds is 4. The van der Waals surface area contributed by atoms with Crippen molar-refractivity contribution >= 4 is 11.9 Å². The zero-order valence-electron chi connectivity index (χ0n) is 7.24. The van der Waals surface area contributed by atoms with Crippen LogP contribution in [0, 0.1) is 0 Å². The van der Waals surface area contributed by atoms with Gasteiger partial charge in [-0.1, -0.05) is 0 Å². The van der Waals surface area contributed by atoms with Crippen LogP contribution in [0.25, 0.3) is 0 Å². The van der Waals surface area contributed by atoms with Crippen molar-refractivity contribution in [3.63, 3.8) is 0 Å². The van der Waals surface area contributed by atoms with E-state index in [4.69, 9.17) is 10.8 Å². The van der Waals surface area contributed by atoms with Gasteiger partial charge in [-0.15, -0.1) is 0 Å². The Kier molecular flexibility index (Phi) is 2.70. The lowest BCUT2D eigenvalue weighted by atomic mass is 10.0. The molecule has 5 nitrogen and oxygen atoms in total. The van der Waals surface area contributed by atoms with Crippen molar-refractivity contribution in [3.8, 4) is 0 Å². The summed E-state index contributed by atoms with van der Waals surface area (Å²) in [5, 5.41) is 8.14. The van der Waals surface area contributed by atoms with Crippen LogP contribution in [-0.4, -0.2) is 46.9 Å². The second kappa shape index (κ2) is 3.49. The summed E-state index contributed by atoms with van der Waals surface area (Å²) in [6, 6.07) is -0.750. The average molecular weight is 208 g/mol. The lowest BCUT2D eigenvalue weighted by molar-refractivity contribution is -0.171. The van der Waals surface area contributed by atoms with E-state index >= 15 is 0 Å². The van der Waals surface area contributed by atoms with Crippen LogP contribution in [0.3, 0.4) is 0 Å². The van der Waals surface area contributed by atoms with Crippen molar-refractivity contribution < 1.29 is 23.5 Å². The first-order valence-corrected chi connectivity index (χ1v) is 3.99. The smallest absolute Gasteiger partial charge is 0.375 e. The topological polar surface area (TPSA) is 83.6 Å². The number of hydrogen-bond acceptors (Lipinski definition) is 3. The molecule has 1 amide bonds. The van der Waals surface area contributed by atoms with Crippen LogP contribution < -0.4 is 5.73 Å². The molecular weight excluding hydrogens is 198 g/mol. The molecule has 80 valence electrons. The molecule has 1 fully saturated rings. The molecule has 14 heavy (non-hydrogen) atoms. The van der Waals surface area contributed by atoms with Crippen LogP contribution in [0.2, 0.25) is 0 Å². The minimum Gasteiger partial charge on any atom is -0.477 e. The monoisotopic (exact) mass is 208 g/mol. The number of hydrogen-bond donors (Lipinski definition) is 2. The molecule has 1 saturated heterocycles. The van der Waals surface area contributed by atoms with Gasteiger partial charge in [-0.25, -0.2) is 4.79 Å². The highest BCUT2D eigenvalue weighted by Crippen LogP contribution is 2.23. The number of carboxylic acid groups (broad SMARTS) is 1. The number of amides is 1. The maximum Gasteiger partial charge on any atom is 0.375 e. The maximum absolute atomic E-state index is 12.7. The van der Waals surface area contributed by atoms with Crippen LogP contribution in [0.1, 0.15) is 6.42 Å². The Hall–Kier alpha value is -1.24. The van der Waals surface area contributed by atoms with Gasteiger partial charge in [-0.2, -0.15) is 8.78 Å². The van der Waals surface area contributed by atoms with E-state index in [0.717, 1.165) is 4.90 Å². The summed E-state index contributed by atoms with van der Waals surface area (Å²) in [6.07, 6.45) is 0.408. The van der Waals surface area contributed by atoms with Gasteiger partial charge in [0.05, 0.1) is 12.6 Å². The van der Waals surface area contributed by atoms with Crippen LogP contribution in [0.5, 0.6) is 0 Å². The van der Waals surface area contributed by atoms with Gasteiger partial charge in [0.2, 0.25) is 5.91 Å². The van der Waals surface area contributed by atoms with Crippen molar-refractivity contribution in [1.29, 1.82) is 0 Å². The van der Waals surface area contributed by atoms with E-state index in [1.54, 1.807) is 0 Å². The zero-order chi connectivity index (χ0) is 10.9. The molecule has 7 heteroatoms. The first kappa shape index (κ1) is 10.8. The number of carbonyl (C=O) groups excluding carboxylic acids is 1. The van der Waals surface area contributed by atoms with Gasteiger partial charge >= 0.3 is 11.9 Å². The van der Waals surface area contributed by atoms with Gasteiger partial charge in [0.25, 0.3) is 0 Å². The number of carboxylic acids is 1. The summed E-state index contributed by atoms with van der Waals surface area (Å²) in [6.45, 7) is -0.688.